The molecule has 6 heteroatoms. The molecule has 126 valence electrons. The van der Waals surface area contributed by atoms with Gasteiger partial charge in [-0.05, 0) is 12.1 Å². The lowest BCUT2D eigenvalue weighted by atomic mass is 10.2. The zero-order valence-corrected chi connectivity index (χ0v) is 13.4. The summed E-state index contributed by atoms with van der Waals surface area (Å²) in [6.45, 7) is 6.87. The normalized spacial score (nSPS) is 22.8. The number of carbonyl (C=O) groups excluding carboxylic acids is 1. The Balaban J connectivity index is 1.36. The third kappa shape index (κ3) is 4.67. The molecule has 0 spiro atoms. The molecule has 2 heterocycles. The quantitative estimate of drug-likeness (QED) is 0.840. The number of carbonyl (C=O) groups is 1. The number of rotatable bonds is 5. The van der Waals surface area contributed by atoms with Crippen LogP contribution in [0, 0.1) is 0 Å². The Morgan fingerprint density at radius 3 is 2.70 bits per heavy atom. The molecule has 2 aliphatic rings. The largest absolute Gasteiger partial charge is 0.492 e. The van der Waals surface area contributed by atoms with Gasteiger partial charge < -0.3 is 19.7 Å². The van der Waals surface area contributed by atoms with Crippen molar-refractivity contribution >= 4 is 5.91 Å². The maximum Gasteiger partial charge on any atom is 0.242 e. The van der Waals surface area contributed by atoms with Gasteiger partial charge in [-0.1, -0.05) is 18.2 Å². The lowest BCUT2D eigenvalue weighted by Crippen LogP contribution is -2.57. The number of nitrogens with zero attached hydrogens (tertiary/aromatic N) is 2. The molecule has 0 radical (unpaired) electrons. The summed E-state index contributed by atoms with van der Waals surface area (Å²) in [5, 5.41) is 3.23. The van der Waals surface area contributed by atoms with Crippen LogP contribution in [0.2, 0.25) is 0 Å². The Hall–Kier alpha value is -1.63. The van der Waals surface area contributed by atoms with Crippen LogP contribution >= 0.6 is 0 Å². The van der Waals surface area contributed by atoms with Crippen molar-refractivity contribution in [2.24, 2.45) is 0 Å². The molecular formula is C17H25N3O3. The number of hydrogen-bond donors (Lipinski definition) is 1. The molecule has 23 heavy (non-hydrogen) atoms. The summed E-state index contributed by atoms with van der Waals surface area (Å²) in [5.74, 6) is 1.08. The SMILES string of the molecule is O=C(C1COCCN1)N1CCN(CCOc2ccccc2)CC1. The zero-order valence-electron chi connectivity index (χ0n) is 13.4. The Labute approximate surface area is 137 Å². The van der Waals surface area contributed by atoms with Crippen LogP contribution < -0.4 is 10.1 Å². The van der Waals surface area contributed by atoms with Crippen molar-refractivity contribution in [1.29, 1.82) is 0 Å². The maximum absolute atomic E-state index is 12.4. The van der Waals surface area contributed by atoms with Gasteiger partial charge in [0.2, 0.25) is 5.91 Å². The molecule has 2 fully saturated rings. The van der Waals surface area contributed by atoms with Crippen LogP contribution in [0.15, 0.2) is 30.3 Å². The summed E-state index contributed by atoms with van der Waals surface area (Å²) in [7, 11) is 0. The van der Waals surface area contributed by atoms with Crippen LogP contribution in [-0.2, 0) is 9.53 Å². The van der Waals surface area contributed by atoms with E-state index in [0.29, 0.717) is 19.8 Å². The molecule has 1 amide bonds. The maximum atomic E-state index is 12.4. The van der Waals surface area contributed by atoms with E-state index in [1.54, 1.807) is 0 Å². The molecule has 1 unspecified atom stereocenters. The van der Waals surface area contributed by atoms with Crippen molar-refractivity contribution in [2.75, 3.05) is 59.1 Å². The van der Waals surface area contributed by atoms with Crippen molar-refractivity contribution in [3.8, 4) is 5.75 Å². The summed E-state index contributed by atoms with van der Waals surface area (Å²) >= 11 is 0. The van der Waals surface area contributed by atoms with E-state index in [4.69, 9.17) is 9.47 Å². The Morgan fingerprint density at radius 1 is 1.22 bits per heavy atom. The zero-order chi connectivity index (χ0) is 15.9. The fourth-order valence-corrected chi connectivity index (χ4v) is 2.95. The van der Waals surface area contributed by atoms with Gasteiger partial charge >= 0.3 is 0 Å². The number of hydrogen-bond acceptors (Lipinski definition) is 5. The summed E-state index contributed by atoms with van der Waals surface area (Å²) in [4.78, 5) is 16.7. The van der Waals surface area contributed by atoms with Gasteiger partial charge in [0, 0.05) is 39.3 Å². The second kappa shape index (κ2) is 8.29. The molecule has 2 aliphatic heterocycles. The number of para-hydroxylation sites is 1. The number of nitrogens with one attached hydrogen (secondary N) is 1. The van der Waals surface area contributed by atoms with E-state index in [1.807, 2.05) is 35.2 Å². The molecule has 1 aromatic rings. The highest BCUT2D eigenvalue weighted by Crippen LogP contribution is 2.09. The molecule has 0 bridgehead atoms. The molecule has 1 atom stereocenters. The predicted octanol–water partition coefficient (Wildman–Crippen LogP) is 0.198. The Bertz CT molecular complexity index is 483. The lowest BCUT2D eigenvalue weighted by molar-refractivity contribution is -0.138. The first kappa shape index (κ1) is 16.2. The molecule has 0 aliphatic carbocycles. The number of ether oxygens (including phenoxy) is 2. The minimum absolute atomic E-state index is 0.170. The van der Waals surface area contributed by atoms with Gasteiger partial charge in [-0.15, -0.1) is 0 Å². The monoisotopic (exact) mass is 319 g/mol. The van der Waals surface area contributed by atoms with Gasteiger partial charge in [0.25, 0.3) is 0 Å². The van der Waals surface area contributed by atoms with Crippen LogP contribution in [0.3, 0.4) is 0 Å². The van der Waals surface area contributed by atoms with E-state index in [0.717, 1.165) is 45.0 Å². The Morgan fingerprint density at radius 2 is 2.00 bits per heavy atom. The van der Waals surface area contributed by atoms with Gasteiger partial charge in [0.15, 0.2) is 0 Å². The standard InChI is InChI=1S/C17H25N3O3/c21-17(16-14-22-12-6-18-16)20-9-7-19(8-10-20)11-13-23-15-4-2-1-3-5-15/h1-5,16,18H,6-14H2. The number of morpholine rings is 1. The third-order valence-corrected chi connectivity index (χ3v) is 4.32. The predicted molar refractivity (Wildman–Crippen MR) is 87.6 cm³/mol. The fraction of sp³-hybridized carbons (Fsp3) is 0.588. The van der Waals surface area contributed by atoms with Crippen LogP contribution in [0.4, 0.5) is 0 Å². The van der Waals surface area contributed by atoms with Gasteiger partial charge in [0.1, 0.15) is 18.4 Å². The number of amides is 1. The minimum Gasteiger partial charge on any atom is -0.492 e. The lowest BCUT2D eigenvalue weighted by Gasteiger charge is -2.37. The molecule has 0 saturated carbocycles. The van der Waals surface area contributed by atoms with Crippen LogP contribution in [0.25, 0.3) is 0 Å². The van der Waals surface area contributed by atoms with Crippen molar-refractivity contribution < 1.29 is 14.3 Å². The molecule has 6 nitrogen and oxygen atoms in total. The van der Waals surface area contributed by atoms with Crippen LogP contribution in [-0.4, -0.2) is 80.8 Å². The Kier molecular flexibility index (Phi) is 5.85. The molecule has 1 N–H and O–H groups in total. The molecule has 2 saturated heterocycles. The summed E-state index contributed by atoms with van der Waals surface area (Å²) < 4.78 is 11.1. The summed E-state index contributed by atoms with van der Waals surface area (Å²) in [6, 6.07) is 9.70. The third-order valence-electron chi connectivity index (χ3n) is 4.32. The van der Waals surface area contributed by atoms with E-state index >= 15 is 0 Å². The average Bonchev–Trinajstić information content (AvgIpc) is 2.63. The fourth-order valence-electron chi connectivity index (χ4n) is 2.95. The van der Waals surface area contributed by atoms with E-state index in [1.165, 1.54) is 0 Å². The molecule has 1 aromatic carbocycles. The minimum atomic E-state index is -0.170. The van der Waals surface area contributed by atoms with Crippen molar-refractivity contribution in [1.82, 2.24) is 15.1 Å². The van der Waals surface area contributed by atoms with Gasteiger partial charge in [0.05, 0.1) is 13.2 Å². The molecular weight excluding hydrogens is 294 g/mol. The summed E-state index contributed by atoms with van der Waals surface area (Å²) in [5.41, 5.74) is 0. The second-order valence-corrected chi connectivity index (χ2v) is 5.91. The van der Waals surface area contributed by atoms with E-state index in [2.05, 4.69) is 10.2 Å². The van der Waals surface area contributed by atoms with Crippen molar-refractivity contribution in [3.63, 3.8) is 0 Å². The number of benzene rings is 1. The smallest absolute Gasteiger partial charge is 0.242 e. The topological polar surface area (TPSA) is 54.0 Å². The average molecular weight is 319 g/mol. The van der Waals surface area contributed by atoms with Gasteiger partial charge in [-0.3, -0.25) is 9.69 Å². The van der Waals surface area contributed by atoms with E-state index in [-0.39, 0.29) is 11.9 Å². The first-order chi connectivity index (χ1) is 11.3. The van der Waals surface area contributed by atoms with Gasteiger partial charge in [-0.2, -0.15) is 0 Å². The molecule has 0 aromatic heterocycles. The van der Waals surface area contributed by atoms with Crippen LogP contribution in [0.1, 0.15) is 0 Å². The first-order valence-electron chi connectivity index (χ1n) is 8.33. The van der Waals surface area contributed by atoms with E-state index < -0.39 is 0 Å². The summed E-state index contributed by atoms with van der Waals surface area (Å²) in [6.07, 6.45) is 0. The molecule has 3 rings (SSSR count). The second-order valence-electron chi connectivity index (χ2n) is 5.91. The highest BCUT2D eigenvalue weighted by Gasteiger charge is 2.28. The van der Waals surface area contributed by atoms with Crippen LogP contribution in [0.5, 0.6) is 5.75 Å². The first-order valence-corrected chi connectivity index (χ1v) is 8.33. The number of piperazine rings is 1. The van der Waals surface area contributed by atoms with Crippen molar-refractivity contribution in [3.05, 3.63) is 30.3 Å². The van der Waals surface area contributed by atoms with Crippen molar-refractivity contribution in [2.45, 2.75) is 6.04 Å². The van der Waals surface area contributed by atoms with Gasteiger partial charge in [-0.25, -0.2) is 0 Å². The highest BCUT2D eigenvalue weighted by molar-refractivity contribution is 5.82. The highest BCUT2D eigenvalue weighted by atomic mass is 16.5. The van der Waals surface area contributed by atoms with E-state index in [9.17, 15) is 4.79 Å².